The number of anilines is 1. The summed E-state index contributed by atoms with van der Waals surface area (Å²) in [6, 6.07) is 5.21. The molecule has 0 bridgehead atoms. The molecule has 8 heteroatoms. The summed E-state index contributed by atoms with van der Waals surface area (Å²) in [5.41, 5.74) is 0.684. The molecule has 8 nitrogen and oxygen atoms in total. The molecule has 0 saturated carbocycles. The van der Waals surface area contributed by atoms with Crippen LogP contribution in [0.15, 0.2) is 42.5 Å². The maximum Gasteiger partial charge on any atom is 0.253 e. The highest BCUT2D eigenvalue weighted by atomic mass is 16.5. The molecule has 2 saturated heterocycles. The summed E-state index contributed by atoms with van der Waals surface area (Å²) in [6.07, 6.45) is 12.4. The molecule has 222 valence electrons. The van der Waals surface area contributed by atoms with E-state index in [1.807, 2.05) is 75.1 Å². The van der Waals surface area contributed by atoms with Gasteiger partial charge in [-0.15, -0.1) is 0 Å². The van der Waals surface area contributed by atoms with Gasteiger partial charge in [0.15, 0.2) is 0 Å². The Labute approximate surface area is 244 Å². The molecule has 2 fully saturated rings. The number of amides is 3. The van der Waals surface area contributed by atoms with Crippen LogP contribution in [-0.4, -0.2) is 82.7 Å². The molecule has 41 heavy (non-hydrogen) atoms. The summed E-state index contributed by atoms with van der Waals surface area (Å²) < 4.78 is 7.06. The fourth-order valence-electron chi connectivity index (χ4n) is 7.50. The van der Waals surface area contributed by atoms with E-state index in [9.17, 15) is 19.5 Å². The lowest BCUT2D eigenvalue weighted by Gasteiger charge is -2.38. The summed E-state index contributed by atoms with van der Waals surface area (Å²) in [5, 5.41) is 9.21. The molecule has 1 N–H and O–H groups in total. The molecule has 1 aromatic carbocycles. The molecule has 0 aliphatic carbocycles. The molecule has 1 spiro atoms. The predicted octanol–water partition coefficient (Wildman–Crippen LogP) is 3.93. The van der Waals surface area contributed by atoms with Gasteiger partial charge in [-0.3, -0.25) is 14.4 Å². The van der Waals surface area contributed by atoms with Crippen LogP contribution in [0.5, 0.6) is 0 Å². The molecule has 0 radical (unpaired) electrons. The van der Waals surface area contributed by atoms with Crippen molar-refractivity contribution in [3.8, 4) is 0 Å². The summed E-state index contributed by atoms with van der Waals surface area (Å²) in [6.45, 7) is 10.1. The number of carbonyl (C=O) groups excluding carboxylic acids is 3. The van der Waals surface area contributed by atoms with Crippen molar-refractivity contribution in [1.29, 1.82) is 0 Å². The van der Waals surface area contributed by atoms with Crippen LogP contribution in [0.1, 0.15) is 63.5 Å². The van der Waals surface area contributed by atoms with Crippen LogP contribution < -0.4 is 4.90 Å². The lowest BCUT2D eigenvalue weighted by atomic mass is 9.73. The quantitative estimate of drug-likeness (QED) is 0.344. The van der Waals surface area contributed by atoms with Crippen molar-refractivity contribution < 1.29 is 24.2 Å². The number of unbranched alkanes of at least 4 members (excludes halogenated alkanes) is 3. The highest BCUT2D eigenvalue weighted by molar-refractivity contribution is 6.06. The number of fused-ring (bicyclic) bond motifs is 2. The molecule has 0 aromatic heterocycles. The third kappa shape index (κ3) is 4.83. The van der Waals surface area contributed by atoms with Crippen LogP contribution in [0, 0.1) is 25.7 Å². The van der Waals surface area contributed by atoms with Crippen LogP contribution in [0.3, 0.4) is 0 Å². The van der Waals surface area contributed by atoms with Gasteiger partial charge in [0, 0.05) is 38.5 Å². The first-order valence-corrected chi connectivity index (χ1v) is 15.4. The number of aliphatic hydroxyl groups excluding tert-OH is 1. The molecule has 4 heterocycles. The van der Waals surface area contributed by atoms with E-state index >= 15 is 0 Å². The van der Waals surface area contributed by atoms with Crippen LogP contribution in [0.2, 0.25) is 0 Å². The predicted molar refractivity (Wildman–Crippen MR) is 158 cm³/mol. The number of likely N-dealkylation sites (tertiary alicyclic amines) is 1. The number of benzene rings is 1. The average Bonchev–Trinajstić information content (AvgIpc) is 3.24. The van der Waals surface area contributed by atoms with E-state index < -0.39 is 29.1 Å². The highest BCUT2D eigenvalue weighted by Crippen LogP contribution is 2.58. The minimum atomic E-state index is -1.23. The van der Waals surface area contributed by atoms with Gasteiger partial charge in [-0.1, -0.05) is 63.1 Å². The van der Waals surface area contributed by atoms with E-state index in [2.05, 4.69) is 0 Å². The molecule has 3 amide bonds. The minimum absolute atomic E-state index is 0.0612. The first kappa shape index (κ1) is 29.5. The van der Waals surface area contributed by atoms with Gasteiger partial charge in [0.05, 0.1) is 17.4 Å². The molecular weight excluding hydrogens is 518 g/mol. The topological polar surface area (TPSA) is 90.4 Å². The molecule has 5 atom stereocenters. The maximum absolute atomic E-state index is 14.7. The molecular formula is C33H45N3O5. The molecule has 4 aliphatic heterocycles. The van der Waals surface area contributed by atoms with Crippen molar-refractivity contribution in [2.75, 3.05) is 37.7 Å². The first-order valence-electron chi connectivity index (χ1n) is 15.4. The Kier molecular flexibility index (Phi) is 8.44. The van der Waals surface area contributed by atoms with Crippen molar-refractivity contribution >= 4 is 23.4 Å². The van der Waals surface area contributed by atoms with Gasteiger partial charge >= 0.3 is 0 Å². The number of hydrogen-bond acceptors (Lipinski definition) is 5. The second kappa shape index (κ2) is 11.7. The Balaban J connectivity index is 1.61. The number of aryl methyl sites for hydroxylation is 2. The summed E-state index contributed by atoms with van der Waals surface area (Å²) in [7, 11) is 0. The van der Waals surface area contributed by atoms with E-state index in [1.54, 1.807) is 9.80 Å². The second-order valence-electron chi connectivity index (χ2n) is 12.1. The van der Waals surface area contributed by atoms with Gasteiger partial charge in [0.2, 0.25) is 11.8 Å². The lowest BCUT2D eigenvalue weighted by Crippen LogP contribution is -2.56. The largest absolute Gasteiger partial charge is 0.396 e. The monoisotopic (exact) mass is 563 g/mol. The van der Waals surface area contributed by atoms with Crippen molar-refractivity contribution in [1.82, 2.24) is 9.80 Å². The number of hydrogen-bond donors (Lipinski definition) is 1. The smallest absolute Gasteiger partial charge is 0.253 e. The Morgan fingerprint density at radius 3 is 2.39 bits per heavy atom. The van der Waals surface area contributed by atoms with Crippen molar-refractivity contribution in [2.45, 2.75) is 83.5 Å². The Morgan fingerprint density at radius 1 is 0.902 bits per heavy atom. The summed E-state index contributed by atoms with van der Waals surface area (Å²) in [4.78, 5) is 48.8. The number of carbonyl (C=O) groups is 3. The average molecular weight is 564 g/mol. The van der Waals surface area contributed by atoms with Gasteiger partial charge in [0.25, 0.3) is 5.91 Å². The second-order valence-corrected chi connectivity index (χ2v) is 12.1. The summed E-state index contributed by atoms with van der Waals surface area (Å²) in [5.74, 6) is -1.87. The van der Waals surface area contributed by atoms with Crippen LogP contribution >= 0.6 is 0 Å². The SMILES string of the molecule is CCCN1CC=C[C@]2(CC)O[C@]34C=CCN(c5cc(C)ccc5C)C(=O)C3N(CCCCCCO)C(=O)[C@@H]4[C@@H]2C1=O. The zero-order valence-corrected chi connectivity index (χ0v) is 25.0. The first-order chi connectivity index (χ1) is 19.7. The van der Waals surface area contributed by atoms with Gasteiger partial charge in [-0.05, 0) is 56.7 Å². The van der Waals surface area contributed by atoms with E-state index in [4.69, 9.17) is 4.74 Å². The zero-order valence-electron chi connectivity index (χ0n) is 25.0. The van der Waals surface area contributed by atoms with E-state index in [0.29, 0.717) is 45.4 Å². The number of nitrogens with zero attached hydrogens (tertiary/aromatic N) is 3. The lowest BCUT2D eigenvalue weighted by molar-refractivity contribution is -0.150. The Morgan fingerprint density at radius 2 is 1.66 bits per heavy atom. The zero-order chi connectivity index (χ0) is 29.4. The van der Waals surface area contributed by atoms with E-state index in [0.717, 1.165) is 36.1 Å². The molecule has 1 unspecified atom stereocenters. The maximum atomic E-state index is 14.7. The highest BCUT2D eigenvalue weighted by Gasteiger charge is 2.75. The summed E-state index contributed by atoms with van der Waals surface area (Å²) >= 11 is 0. The standard InChI is InChI=1S/C33H45N3O5/c1-5-17-34-18-11-15-32(6-2)26(29(34)38)27-30(39)36(19-9-7-8-10-21-37)28-31(40)35(20-12-16-33(27,28)41-32)25-22-23(3)13-14-24(25)4/h11-16,22,26-28,37H,5-10,17-21H2,1-4H3/t26-,27+,28?,32+,33+/m1/s1. The van der Waals surface area contributed by atoms with Gasteiger partial charge in [-0.25, -0.2) is 0 Å². The Bertz CT molecular complexity index is 1240. The molecule has 5 rings (SSSR count). The van der Waals surface area contributed by atoms with Gasteiger partial charge in [-0.2, -0.15) is 0 Å². The fraction of sp³-hybridized carbons (Fsp3) is 0.606. The number of rotatable bonds is 10. The fourth-order valence-corrected chi connectivity index (χ4v) is 7.50. The van der Waals surface area contributed by atoms with Gasteiger partial charge < -0.3 is 24.5 Å². The molecule has 4 aliphatic rings. The third-order valence-corrected chi connectivity index (χ3v) is 9.48. The number of ether oxygens (including phenoxy) is 1. The van der Waals surface area contributed by atoms with Crippen LogP contribution in [0.25, 0.3) is 0 Å². The van der Waals surface area contributed by atoms with E-state index in [1.165, 1.54) is 0 Å². The Hall–Kier alpha value is -2.97. The minimum Gasteiger partial charge on any atom is -0.396 e. The van der Waals surface area contributed by atoms with Crippen LogP contribution in [-0.2, 0) is 19.1 Å². The van der Waals surface area contributed by atoms with Crippen molar-refractivity contribution in [2.24, 2.45) is 11.8 Å². The molecule has 1 aromatic rings. The third-order valence-electron chi connectivity index (χ3n) is 9.48. The van der Waals surface area contributed by atoms with Crippen molar-refractivity contribution in [3.63, 3.8) is 0 Å². The van der Waals surface area contributed by atoms with Crippen LogP contribution in [0.4, 0.5) is 5.69 Å². The van der Waals surface area contributed by atoms with Gasteiger partial charge in [0.1, 0.15) is 11.6 Å². The van der Waals surface area contributed by atoms with E-state index in [-0.39, 0.29) is 24.3 Å². The number of aliphatic hydroxyl groups is 1. The van der Waals surface area contributed by atoms with Crippen molar-refractivity contribution in [3.05, 3.63) is 53.6 Å². The normalized spacial score (nSPS) is 30.9.